The topological polar surface area (TPSA) is 26.2 Å². The number of ether oxygens (including phenoxy) is 1. The summed E-state index contributed by atoms with van der Waals surface area (Å²) in [5.74, 6) is 1.05. The molecule has 3 nitrogen and oxygen atoms in total. The normalized spacial score (nSPS) is 13.2. The van der Waals surface area contributed by atoms with Gasteiger partial charge in [0.05, 0.1) is 13.2 Å². The second-order valence-corrected chi connectivity index (χ2v) is 3.97. The number of rotatable bonds is 3. The smallest absolute Gasteiger partial charge is 0.122 e. The van der Waals surface area contributed by atoms with Gasteiger partial charge in [-0.15, -0.1) is 0 Å². The van der Waals surface area contributed by atoms with Crippen molar-refractivity contribution in [3.8, 4) is 5.75 Å². The third-order valence-corrected chi connectivity index (χ3v) is 2.82. The summed E-state index contributed by atoms with van der Waals surface area (Å²) in [4.78, 5) is 0. The van der Waals surface area contributed by atoms with E-state index in [0.717, 1.165) is 25.3 Å². The van der Waals surface area contributed by atoms with E-state index in [4.69, 9.17) is 4.74 Å². The Hall–Kier alpha value is -1.90. The largest absolute Gasteiger partial charge is 0.493 e. The zero-order valence-corrected chi connectivity index (χ0v) is 9.02. The van der Waals surface area contributed by atoms with Gasteiger partial charge < -0.3 is 10.2 Å². The number of benzene rings is 1. The first kappa shape index (κ1) is 9.33. The van der Waals surface area contributed by atoms with Crippen LogP contribution in [0.5, 0.6) is 5.75 Å². The lowest BCUT2D eigenvalue weighted by Gasteiger charge is -2.08. The van der Waals surface area contributed by atoms with Crippen LogP contribution in [0, 0.1) is 0 Å². The van der Waals surface area contributed by atoms with Gasteiger partial charge in [-0.1, -0.05) is 12.1 Å². The molecule has 0 aliphatic carbocycles. The lowest BCUT2D eigenvalue weighted by Crippen LogP contribution is -2.11. The van der Waals surface area contributed by atoms with Crippen molar-refractivity contribution in [1.82, 2.24) is 4.68 Å². The van der Waals surface area contributed by atoms with Crippen LogP contribution in [0.4, 0.5) is 0 Å². The summed E-state index contributed by atoms with van der Waals surface area (Å²) in [5.41, 5.74) is 5.92. The van der Waals surface area contributed by atoms with Gasteiger partial charge in [0.25, 0.3) is 0 Å². The van der Waals surface area contributed by atoms with Crippen LogP contribution in [0.3, 0.4) is 0 Å². The highest BCUT2D eigenvalue weighted by molar-refractivity contribution is 5.40. The molecule has 0 fully saturated rings. The molecule has 1 aliphatic heterocycles. The molecule has 0 unspecified atom stereocenters. The molecule has 2 aromatic rings. The van der Waals surface area contributed by atoms with Crippen molar-refractivity contribution in [2.75, 3.05) is 12.0 Å². The molecule has 0 amide bonds. The highest BCUT2D eigenvalue weighted by Gasteiger charge is 2.11. The fourth-order valence-corrected chi connectivity index (χ4v) is 1.97. The van der Waals surface area contributed by atoms with Gasteiger partial charge >= 0.3 is 0 Å². The average Bonchev–Trinajstić information content (AvgIpc) is 2.97. The van der Waals surface area contributed by atoms with E-state index >= 15 is 0 Å². The monoisotopic (exact) mass is 214 g/mol. The van der Waals surface area contributed by atoms with Crippen molar-refractivity contribution < 1.29 is 4.74 Å². The number of nitrogens with one attached hydrogen (secondary N) is 1. The molecule has 0 atom stereocenters. The first-order valence-corrected chi connectivity index (χ1v) is 5.53. The fraction of sp³-hybridized carbons (Fsp3) is 0.231. The van der Waals surface area contributed by atoms with Crippen LogP contribution in [0.2, 0.25) is 0 Å². The first-order chi connectivity index (χ1) is 7.92. The Morgan fingerprint density at radius 1 is 1.25 bits per heavy atom. The Bertz CT molecular complexity index is 477. The molecule has 1 aliphatic rings. The van der Waals surface area contributed by atoms with Gasteiger partial charge in [0.15, 0.2) is 0 Å². The Balaban J connectivity index is 1.71. The molecule has 0 saturated heterocycles. The molecule has 1 N–H and O–H groups in total. The van der Waals surface area contributed by atoms with E-state index in [1.54, 1.807) is 0 Å². The molecule has 82 valence electrons. The van der Waals surface area contributed by atoms with Crippen molar-refractivity contribution in [3.63, 3.8) is 0 Å². The zero-order valence-electron chi connectivity index (χ0n) is 9.02. The lowest BCUT2D eigenvalue weighted by molar-refractivity contribution is 0.357. The second-order valence-electron chi connectivity index (χ2n) is 3.97. The number of fused-ring (bicyclic) bond motifs is 1. The summed E-state index contributed by atoms with van der Waals surface area (Å²) in [6.07, 6.45) is 5.03. The van der Waals surface area contributed by atoms with Crippen molar-refractivity contribution in [1.29, 1.82) is 0 Å². The van der Waals surface area contributed by atoms with Crippen LogP contribution >= 0.6 is 0 Å². The SMILES string of the molecule is c1ccn(NCc2ccc3c(c2)CCO3)c1. The van der Waals surface area contributed by atoms with E-state index < -0.39 is 0 Å². The van der Waals surface area contributed by atoms with E-state index in [1.165, 1.54) is 11.1 Å². The maximum atomic E-state index is 5.48. The predicted molar refractivity (Wildman–Crippen MR) is 63.1 cm³/mol. The first-order valence-electron chi connectivity index (χ1n) is 5.53. The third-order valence-electron chi connectivity index (χ3n) is 2.82. The van der Waals surface area contributed by atoms with E-state index in [0.29, 0.717) is 0 Å². The minimum absolute atomic E-state index is 0.823. The standard InChI is InChI=1S/C13H14N2O/c1-2-7-15(6-1)14-10-11-3-4-13-12(9-11)5-8-16-13/h1-4,6-7,9,14H,5,8,10H2. The zero-order chi connectivity index (χ0) is 10.8. The minimum atomic E-state index is 0.823. The van der Waals surface area contributed by atoms with Crippen molar-refractivity contribution in [2.24, 2.45) is 0 Å². The van der Waals surface area contributed by atoms with Crippen LogP contribution in [0.1, 0.15) is 11.1 Å². The number of hydrogen-bond donors (Lipinski definition) is 1. The van der Waals surface area contributed by atoms with Gasteiger partial charge in [-0.2, -0.15) is 0 Å². The van der Waals surface area contributed by atoms with Crippen molar-refractivity contribution in [3.05, 3.63) is 53.9 Å². The van der Waals surface area contributed by atoms with Crippen LogP contribution in [0.25, 0.3) is 0 Å². The van der Waals surface area contributed by atoms with Crippen LogP contribution < -0.4 is 10.2 Å². The van der Waals surface area contributed by atoms with Crippen molar-refractivity contribution in [2.45, 2.75) is 13.0 Å². The quantitative estimate of drug-likeness (QED) is 0.847. The molecule has 3 heteroatoms. The molecule has 2 heterocycles. The summed E-state index contributed by atoms with van der Waals surface area (Å²) in [7, 11) is 0. The molecular weight excluding hydrogens is 200 g/mol. The summed E-state index contributed by atoms with van der Waals surface area (Å²) in [6.45, 7) is 1.66. The van der Waals surface area contributed by atoms with E-state index in [2.05, 4.69) is 23.6 Å². The maximum absolute atomic E-state index is 5.48. The number of nitrogens with zero attached hydrogens (tertiary/aromatic N) is 1. The summed E-state index contributed by atoms with van der Waals surface area (Å²) in [6, 6.07) is 10.4. The van der Waals surface area contributed by atoms with Crippen LogP contribution in [-0.2, 0) is 13.0 Å². The van der Waals surface area contributed by atoms with E-state index in [1.807, 2.05) is 29.2 Å². The molecule has 0 spiro atoms. The Kier molecular flexibility index (Phi) is 2.29. The molecule has 0 radical (unpaired) electrons. The fourth-order valence-electron chi connectivity index (χ4n) is 1.97. The van der Waals surface area contributed by atoms with Crippen LogP contribution in [0.15, 0.2) is 42.7 Å². The second kappa shape index (κ2) is 3.93. The van der Waals surface area contributed by atoms with Crippen LogP contribution in [-0.4, -0.2) is 11.3 Å². The van der Waals surface area contributed by atoms with Crippen molar-refractivity contribution >= 4 is 0 Å². The molecular formula is C13H14N2O. The van der Waals surface area contributed by atoms with Gasteiger partial charge in [-0.25, -0.2) is 0 Å². The Labute approximate surface area is 94.6 Å². The Morgan fingerprint density at radius 2 is 2.12 bits per heavy atom. The average molecular weight is 214 g/mol. The molecule has 0 bridgehead atoms. The lowest BCUT2D eigenvalue weighted by atomic mass is 10.1. The predicted octanol–water partition coefficient (Wildman–Crippen LogP) is 2.17. The van der Waals surface area contributed by atoms with E-state index in [9.17, 15) is 0 Å². The highest BCUT2D eigenvalue weighted by Crippen LogP contribution is 2.25. The minimum Gasteiger partial charge on any atom is -0.493 e. The third kappa shape index (κ3) is 1.76. The summed E-state index contributed by atoms with van der Waals surface area (Å²) in [5, 5.41) is 0. The molecule has 1 aromatic heterocycles. The summed E-state index contributed by atoms with van der Waals surface area (Å²) < 4.78 is 7.44. The van der Waals surface area contributed by atoms with Gasteiger partial charge in [0.2, 0.25) is 0 Å². The molecule has 1 aromatic carbocycles. The molecule has 16 heavy (non-hydrogen) atoms. The van der Waals surface area contributed by atoms with Gasteiger partial charge in [-0.05, 0) is 29.3 Å². The summed E-state index contributed by atoms with van der Waals surface area (Å²) >= 11 is 0. The molecule has 0 saturated carbocycles. The van der Waals surface area contributed by atoms with E-state index in [-0.39, 0.29) is 0 Å². The maximum Gasteiger partial charge on any atom is 0.122 e. The number of aromatic nitrogens is 1. The van der Waals surface area contributed by atoms with Gasteiger partial charge in [-0.3, -0.25) is 4.68 Å². The molecule has 3 rings (SSSR count). The van der Waals surface area contributed by atoms with Gasteiger partial charge in [0.1, 0.15) is 5.75 Å². The Morgan fingerprint density at radius 3 is 3.00 bits per heavy atom. The highest BCUT2D eigenvalue weighted by atomic mass is 16.5. The number of hydrogen-bond acceptors (Lipinski definition) is 2. The van der Waals surface area contributed by atoms with Gasteiger partial charge in [0, 0.05) is 18.8 Å².